The van der Waals surface area contributed by atoms with Crippen molar-refractivity contribution in [2.75, 3.05) is 6.61 Å². The Hall–Kier alpha value is -1.59. The SMILES string of the molecule is C.C=CCCCCCCCCCOc1c(F)c(F)c(F)c(F)c1F.CC.CC.CC. The van der Waals surface area contributed by atoms with Gasteiger partial charge in [0.25, 0.3) is 0 Å². The van der Waals surface area contributed by atoms with Crippen molar-refractivity contribution in [1.29, 1.82) is 0 Å². The zero-order chi connectivity index (χ0) is 23.2. The lowest BCUT2D eigenvalue weighted by Crippen LogP contribution is -2.08. The molecule has 180 valence electrons. The molecule has 30 heavy (non-hydrogen) atoms. The Morgan fingerprint density at radius 1 is 0.600 bits per heavy atom. The van der Waals surface area contributed by atoms with Gasteiger partial charge in [0.1, 0.15) is 0 Å². The highest BCUT2D eigenvalue weighted by molar-refractivity contribution is 5.29. The van der Waals surface area contributed by atoms with Gasteiger partial charge in [-0.3, -0.25) is 0 Å². The van der Waals surface area contributed by atoms with Crippen LogP contribution in [-0.4, -0.2) is 6.61 Å². The molecule has 0 amide bonds. The molecule has 0 aliphatic rings. The van der Waals surface area contributed by atoms with E-state index < -0.39 is 34.8 Å². The van der Waals surface area contributed by atoms with Gasteiger partial charge in [0.05, 0.1) is 6.61 Å². The Morgan fingerprint density at radius 2 is 0.933 bits per heavy atom. The van der Waals surface area contributed by atoms with Crippen LogP contribution in [-0.2, 0) is 0 Å². The van der Waals surface area contributed by atoms with Crippen LogP contribution in [0.4, 0.5) is 22.0 Å². The molecule has 0 N–H and O–H groups in total. The van der Waals surface area contributed by atoms with Crippen LogP contribution in [0.5, 0.6) is 5.75 Å². The second-order valence-corrected chi connectivity index (χ2v) is 5.30. The zero-order valence-electron chi connectivity index (χ0n) is 18.9. The fourth-order valence-electron chi connectivity index (χ4n) is 2.16. The molecule has 1 nitrogen and oxygen atoms in total. The first-order chi connectivity index (χ1) is 14.0. The van der Waals surface area contributed by atoms with Gasteiger partial charge in [0, 0.05) is 0 Å². The van der Waals surface area contributed by atoms with Gasteiger partial charge < -0.3 is 4.74 Å². The van der Waals surface area contributed by atoms with E-state index in [1.807, 2.05) is 47.6 Å². The summed E-state index contributed by atoms with van der Waals surface area (Å²) >= 11 is 0. The molecule has 0 aliphatic carbocycles. The van der Waals surface area contributed by atoms with Crippen molar-refractivity contribution in [3.05, 3.63) is 41.7 Å². The Kier molecular flexibility index (Phi) is 30.4. The van der Waals surface area contributed by atoms with Crippen LogP contribution in [0.25, 0.3) is 0 Å². The molecule has 0 heterocycles. The van der Waals surface area contributed by atoms with Crippen molar-refractivity contribution in [3.8, 4) is 5.75 Å². The first-order valence-corrected chi connectivity index (χ1v) is 10.8. The maximum absolute atomic E-state index is 13.3. The third kappa shape index (κ3) is 14.4. The topological polar surface area (TPSA) is 9.23 Å². The molecule has 0 saturated carbocycles. The highest BCUT2D eigenvalue weighted by Crippen LogP contribution is 2.29. The lowest BCUT2D eigenvalue weighted by atomic mass is 10.1. The number of ether oxygens (including phenoxy) is 1. The molecule has 1 aromatic rings. The Bertz CT molecular complexity index is 490. The molecule has 0 bridgehead atoms. The van der Waals surface area contributed by atoms with Gasteiger partial charge in [-0.2, -0.15) is 8.78 Å². The molecule has 6 heteroatoms. The normalized spacial score (nSPS) is 8.90. The fraction of sp³-hybridized carbons (Fsp3) is 0.667. The van der Waals surface area contributed by atoms with Gasteiger partial charge in [-0.1, -0.05) is 87.1 Å². The number of allylic oxidation sites excluding steroid dienone is 1. The Labute approximate surface area is 181 Å². The minimum atomic E-state index is -2.18. The van der Waals surface area contributed by atoms with Crippen LogP contribution >= 0.6 is 0 Å². The number of hydrogen-bond donors (Lipinski definition) is 0. The van der Waals surface area contributed by atoms with E-state index in [0.29, 0.717) is 6.42 Å². The smallest absolute Gasteiger partial charge is 0.206 e. The maximum atomic E-state index is 13.3. The number of halogens is 5. The van der Waals surface area contributed by atoms with Gasteiger partial charge >= 0.3 is 0 Å². The Morgan fingerprint density at radius 3 is 1.33 bits per heavy atom. The lowest BCUT2D eigenvalue weighted by Gasteiger charge is -2.10. The van der Waals surface area contributed by atoms with Crippen LogP contribution in [0.3, 0.4) is 0 Å². The summed E-state index contributed by atoms with van der Waals surface area (Å²) in [5, 5.41) is 0. The van der Waals surface area contributed by atoms with E-state index in [2.05, 4.69) is 6.58 Å². The molecule has 1 aromatic carbocycles. The van der Waals surface area contributed by atoms with E-state index in [4.69, 9.17) is 4.74 Å². The van der Waals surface area contributed by atoms with Gasteiger partial charge in [0.15, 0.2) is 5.75 Å². The van der Waals surface area contributed by atoms with E-state index in [9.17, 15) is 22.0 Å². The maximum Gasteiger partial charge on any atom is 0.206 e. The number of benzene rings is 1. The van der Waals surface area contributed by atoms with Crippen molar-refractivity contribution in [2.24, 2.45) is 0 Å². The number of hydrogen-bond acceptors (Lipinski definition) is 1. The molecule has 0 saturated heterocycles. The van der Waals surface area contributed by atoms with E-state index in [1.54, 1.807) is 0 Å². The summed E-state index contributed by atoms with van der Waals surface area (Å²) in [4.78, 5) is 0. The second-order valence-electron chi connectivity index (χ2n) is 5.30. The highest BCUT2D eigenvalue weighted by Gasteiger charge is 2.26. The largest absolute Gasteiger partial charge is 0.487 e. The quantitative estimate of drug-likeness (QED) is 0.109. The molecule has 1 rings (SSSR count). The first-order valence-electron chi connectivity index (χ1n) is 10.8. The minimum absolute atomic E-state index is 0. The predicted molar refractivity (Wildman–Crippen MR) is 120 cm³/mol. The van der Waals surface area contributed by atoms with Gasteiger partial charge in [-0.25, -0.2) is 13.2 Å². The monoisotopic (exact) mass is 442 g/mol. The molecule has 0 unspecified atom stereocenters. The van der Waals surface area contributed by atoms with Crippen LogP contribution in [0.2, 0.25) is 0 Å². The Balaban J connectivity index is -0.000000441. The summed E-state index contributed by atoms with van der Waals surface area (Å²) in [5.74, 6) is -11.2. The predicted octanol–water partition coefficient (Wildman–Crippen LogP) is 9.78. The molecule has 0 aliphatic heterocycles. The molecule has 0 atom stereocenters. The third-order valence-electron chi connectivity index (χ3n) is 3.47. The van der Waals surface area contributed by atoms with Crippen molar-refractivity contribution in [2.45, 2.75) is 100 Å². The average molecular weight is 443 g/mol. The second kappa shape index (κ2) is 25.4. The molecule has 0 radical (unpaired) electrons. The van der Waals surface area contributed by atoms with Gasteiger partial charge in [0.2, 0.25) is 29.1 Å². The highest BCUT2D eigenvalue weighted by atomic mass is 19.2. The fourth-order valence-corrected chi connectivity index (χ4v) is 2.16. The molecular weight excluding hydrogens is 399 g/mol. The van der Waals surface area contributed by atoms with Gasteiger partial charge in [-0.05, 0) is 19.3 Å². The molecule has 0 aromatic heterocycles. The van der Waals surface area contributed by atoms with Crippen LogP contribution in [0.15, 0.2) is 12.7 Å². The van der Waals surface area contributed by atoms with E-state index in [0.717, 1.165) is 44.9 Å². The average Bonchev–Trinajstić information content (AvgIpc) is 2.78. The van der Waals surface area contributed by atoms with E-state index >= 15 is 0 Å². The minimum Gasteiger partial charge on any atom is -0.487 e. The van der Waals surface area contributed by atoms with E-state index in [-0.39, 0.29) is 14.0 Å². The summed E-state index contributed by atoms with van der Waals surface area (Å²) in [6, 6.07) is 0. The van der Waals surface area contributed by atoms with Crippen molar-refractivity contribution < 1.29 is 26.7 Å². The summed E-state index contributed by atoms with van der Waals surface area (Å²) < 4.78 is 70.2. The lowest BCUT2D eigenvalue weighted by molar-refractivity contribution is 0.255. The van der Waals surface area contributed by atoms with Crippen LogP contribution in [0, 0.1) is 29.1 Å². The molecular formula is C24H43F5O. The molecule has 0 fully saturated rings. The summed E-state index contributed by atoms with van der Waals surface area (Å²) in [6.45, 7) is 15.6. The third-order valence-corrected chi connectivity index (χ3v) is 3.47. The summed E-state index contributed by atoms with van der Waals surface area (Å²) in [7, 11) is 0. The van der Waals surface area contributed by atoms with Crippen LogP contribution < -0.4 is 4.74 Å². The van der Waals surface area contributed by atoms with E-state index in [1.165, 1.54) is 0 Å². The summed E-state index contributed by atoms with van der Waals surface area (Å²) in [6.07, 6.45) is 9.50. The van der Waals surface area contributed by atoms with Crippen molar-refractivity contribution in [1.82, 2.24) is 0 Å². The standard InChI is InChI=1S/C17H21F5O.3C2H6.CH4/c1-2-3-4-5-6-7-8-9-10-11-23-17-15(21)13(19)12(18)14(20)16(17)22;3*1-2;/h2H,1,3-11H2;3*1-2H3;1H4. The van der Waals surface area contributed by atoms with Gasteiger partial charge in [-0.15, -0.1) is 6.58 Å². The van der Waals surface area contributed by atoms with Crippen LogP contribution in [0.1, 0.15) is 100 Å². The van der Waals surface area contributed by atoms with Crippen molar-refractivity contribution >= 4 is 0 Å². The summed E-state index contributed by atoms with van der Waals surface area (Å²) in [5.41, 5.74) is 0. The zero-order valence-corrected chi connectivity index (χ0v) is 18.9. The number of unbranched alkanes of at least 4 members (excludes halogenated alkanes) is 7. The molecule has 0 spiro atoms. The number of rotatable bonds is 11. The first kappa shape index (κ1) is 35.8. The van der Waals surface area contributed by atoms with Crippen molar-refractivity contribution in [3.63, 3.8) is 0 Å².